The zero-order valence-corrected chi connectivity index (χ0v) is 18.0. The molecule has 30 heavy (non-hydrogen) atoms. The number of piperidine rings is 1. The fraction of sp³-hybridized carbons (Fsp3) is 0.739. The second-order valence-electron chi connectivity index (χ2n) is 9.32. The van der Waals surface area contributed by atoms with E-state index in [0.29, 0.717) is 6.04 Å². The Kier molecular flexibility index (Phi) is 5.86. The molecular formula is C23H34N6O. The van der Waals surface area contributed by atoms with Gasteiger partial charge in [-0.25, -0.2) is 15.0 Å². The molecule has 1 amide bonds. The van der Waals surface area contributed by atoms with Crippen molar-refractivity contribution in [1.82, 2.24) is 24.8 Å². The first kappa shape index (κ1) is 19.8. The number of aromatic nitrogens is 4. The summed E-state index contributed by atoms with van der Waals surface area (Å²) in [5.74, 6) is 2.49. The Morgan fingerprint density at radius 3 is 2.47 bits per heavy atom. The predicted molar refractivity (Wildman–Crippen MR) is 117 cm³/mol. The summed E-state index contributed by atoms with van der Waals surface area (Å²) in [6.07, 6.45) is 15.6. The summed E-state index contributed by atoms with van der Waals surface area (Å²) >= 11 is 0. The number of hydrogen-bond acceptors (Lipinski definition) is 5. The lowest BCUT2D eigenvalue weighted by molar-refractivity contribution is -0.126. The van der Waals surface area contributed by atoms with Crippen molar-refractivity contribution in [3.8, 4) is 0 Å². The smallest absolute Gasteiger partial charge is 0.223 e. The number of carbonyl (C=O) groups is 1. The average molecular weight is 411 g/mol. The molecule has 7 nitrogen and oxygen atoms in total. The molecular weight excluding hydrogens is 376 g/mol. The van der Waals surface area contributed by atoms with Gasteiger partial charge in [0, 0.05) is 38.0 Å². The molecule has 1 saturated heterocycles. The summed E-state index contributed by atoms with van der Waals surface area (Å²) in [4.78, 5) is 29.3. The molecule has 7 heteroatoms. The number of rotatable bonds is 3. The van der Waals surface area contributed by atoms with Crippen molar-refractivity contribution in [1.29, 1.82) is 0 Å². The summed E-state index contributed by atoms with van der Waals surface area (Å²) in [5, 5.41) is 3.35. The van der Waals surface area contributed by atoms with E-state index in [1.165, 1.54) is 44.9 Å². The Labute approximate surface area is 178 Å². The van der Waals surface area contributed by atoms with Gasteiger partial charge in [-0.05, 0) is 38.5 Å². The zero-order chi connectivity index (χ0) is 20.3. The molecule has 3 aliphatic rings. The van der Waals surface area contributed by atoms with Gasteiger partial charge in [0.2, 0.25) is 5.91 Å². The van der Waals surface area contributed by atoms with Crippen LogP contribution < -0.4 is 10.2 Å². The second-order valence-corrected chi connectivity index (χ2v) is 9.32. The Hall–Kier alpha value is -2.18. The third-order valence-electron chi connectivity index (χ3n) is 7.24. The van der Waals surface area contributed by atoms with Gasteiger partial charge >= 0.3 is 0 Å². The summed E-state index contributed by atoms with van der Waals surface area (Å²) in [6.45, 7) is 2.72. The van der Waals surface area contributed by atoms with Crippen LogP contribution in [0.5, 0.6) is 0 Å². The number of nitrogens with zero attached hydrogens (tertiary/aromatic N) is 5. The topological polar surface area (TPSA) is 75.9 Å². The van der Waals surface area contributed by atoms with Crippen molar-refractivity contribution in [2.75, 3.05) is 18.0 Å². The van der Waals surface area contributed by atoms with Gasteiger partial charge in [0.05, 0.1) is 0 Å². The molecule has 1 N–H and O–H groups in total. The number of hydrogen-bond donors (Lipinski definition) is 1. The number of carbonyl (C=O) groups excluding carboxylic acids is 1. The number of fused-ring (bicyclic) bond motifs is 3. The monoisotopic (exact) mass is 410 g/mol. The molecule has 1 aliphatic carbocycles. The van der Waals surface area contributed by atoms with Crippen LogP contribution in [-0.4, -0.2) is 44.6 Å². The summed E-state index contributed by atoms with van der Waals surface area (Å²) in [7, 11) is 0. The maximum Gasteiger partial charge on any atom is 0.223 e. The van der Waals surface area contributed by atoms with Crippen molar-refractivity contribution < 1.29 is 4.79 Å². The van der Waals surface area contributed by atoms with Gasteiger partial charge in [-0.1, -0.05) is 32.1 Å². The number of aryl methyl sites for hydroxylation is 2. The number of amides is 1. The van der Waals surface area contributed by atoms with Crippen molar-refractivity contribution >= 4 is 22.9 Å². The summed E-state index contributed by atoms with van der Waals surface area (Å²) in [5.41, 5.74) is 1.92. The Morgan fingerprint density at radius 2 is 1.67 bits per heavy atom. The molecule has 4 heterocycles. The van der Waals surface area contributed by atoms with Crippen LogP contribution in [0.4, 0.5) is 5.82 Å². The molecule has 2 fully saturated rings. The predicted octanol–water partition coefficient (Wildman–Crippen LogP) is 3.61. The van der Waals surface area contributed by atoms with E-state index in [1.54, 1.807) is 6.33 Å². The van der Waals surface area contributed by atoms with Crippen molar-refractivity contribution in [2.45, 2.75) is 89.6 Å². The summed E-state index contributed by atoms with van der Waals surface area (Å²) < 4.78 is 2.29. The molecule has 1 saturated carbocycles. The highest BCUT2D eigenvalue weighted by molar-refractivity contribution is 5.84. The van der Waals surface area contributed by atoms with Crippen LogP contribution in [0.3, 0.4) is 0 Å². The summed E-state index contributed by atoms with van der Waals surface area (Å²) in [6, 6.07) is 0.389. The first-order valence-electron chi connectivity index (χ1n) is 12.0. The normalized spacial score (nSPS) is 21.8. The van der Waals surface area contributed by atoms with Crippen LogP contribution in [0, 0.1) is 5.92 Å². The fourth-order valence-electron chi connectivity index (χ4n) is 5.45. The Morgan fingerprint density at radius 1 is 0.900 bits per heavy atom. The molecule has 2 aromatic heterocycles. The van der Waals surface area contributed by atoms with E-state index in [4.69, 9.17) is 4.98 Å². The maximum atomic E-state index is 12.8. The second kappa shape index (κ2) is 8.90. The first-order chi connectivity index (χ1) is 14.8. The van der Waals surface area contributed by atoms with Gasteiger partial charge in [0.25, 0.3) is 0 Å². The highest BCUT2D eigenvalue weighted by atomic mass is 16.1. The van der Waals surface area contributed by atoms with Crippen LogP contribution in [0.2, 0.25) is 0 Å². The van der Waals surface area contributed by atoms with E-state index < -0.39 is 0 Å². The first-order valence-corrected chi connectivity index (χ1v) is 12.0. The van der Waals surface area contributed by atoms with Crippen LogP contribution in [0.25, 0.3) is 11.2 Å². The molecule has 0 radical (unpaired) electrons. The van der Waals surface area contributed by atoms with Gasteiger partial charge in [-0.15, -0.1) is 0 Å². The van der Waals surface area contributed by atoms with Crippen LogP contribution >= 0.6 is 0 Å². The van der Waals surface area contributed by atoms with Crippen LogP contribution in [0.1, 0.15) is 76.5 Å². The van der Waals surface area contributed by atoms with Gasteiger partial charge in [-0.2, -0.15) is 0 Å². The molecule has 162 valence electrons. The molecule has 5 rings (SSSR count). The van der Waals surface area contributed by atoms with Gasteiger partial charge in [-0.3, -0.25) is 4.79 Å². The van der Waals surface area contributed by atoms with E-state index in [2.05, 4.69) is 24.8 Å². The van der Waals surface area contributed by atoms with Gasteiger partial charge in [0.1, 0.15) is 12.2 Å². The molecule has 0 atom stereocenters. The molecule has 0 spiro atoms. The van der Waals surface area contributed by atoms with Gasteiger partial charge in [0.15, 0.2) is 17.0 Å². The van der Waals surface area contributed by atoms with E-state index in [0.717, 1.165) is 74.5 Å². The largest absolute Gasteiger partial charge is 0.355 e. The SMILES string of the molecule is O=C(NC1CCCCCC1)C1CCN(c2ncnc3c2nc2n3CCCCC2)CC1. The molecule has 0 aromatic carbocycles. The van der Waals surface area contributed by atoms with Crippen LogP contribution in [0.15, 0.2) is 6.33 Å². The highest BCUT2D eigenvalue weighted by Crippen LogP contribution is 2.29. The number of nitrogens with one attached hydrogen (secondary N) is 1. The van der Waals surface area contributed by atoms with E-state index >= 15 is 0 Å². The molecule has 0 bridgehead atoms. The lowest BCUT2D eigenvalue weighted by atomic mass is 9.95. The average Bonchev–Trinajstić information content (AvgIpc) is 2.96. The lowest BCUT2D eigenvalue weighted by Crippen LogP contribution is -2.44. The van der Waals surface area contributed by atoms with Gasteiger partial charge < -0.3 is 14.8 Å². The fourth-order valence-corrected chi connectivity index (χ4v) is 5.45. The van der Waals surface area contributed by atoms with E-state index in [-0.39, 0.29) is 11.8 Å². The minimum Gasteiger partial charge on any atom is -0.355 e. The third-order valence-corrected chi connectivity index (χ3v) is 7.24. The number of imidazole rings is 1. The Bertz CT molecular complexity index is 877. The minimum atomic E-state index is 0.126. The molecule has 2 aromatic rings. The lowest BCUT2D eigenvalue weighted by Gasteiger charge is -2.32. The van der Waals surface area contributed by atoms with E-state index in [1.807, 2.05) is 0 Å². The quantitative estimate of drug-likeness (QED) is 0.783. The molecule has 2 aliphatic heterocycles. The minimum absolute atomic E-state index is 0.126. The van der Waals surface area contributed by atoms with Crippen molar-refractivity contribution in [3.05, 3.63) is 12.2 Å². The zero-order valence-electron chi connectivity index (χ0n) is 18.0. The third kappa shape index (κ3) is 4.03. The van der Waals surface area contributed by atoms with Crippen LogP contribution in [-0.2, 0) is 17.8 Å². The number of anilines is 1. The van der Waals surface area contributed by atoms with Crippen molar-refractivity contribution in [3.63, 3.8) is 0 Å². The standard InChI is InChI=1S/C23H34N6O/c30-23(26-18-8-4-1-2-5-9-18)17-11-14-28(15-12-17)21-20-22(25-16-24-21)29-13-7-3-6-10-19(29)27-20/h16-18H,1-15H2,(H,26,30). The molecule has 0 unspecified atom stereocenters. The Balaban J connectivity index is 1.25. The highest BCUT2D eigenvalue weighted by Gasteiger charge is 2.29. The van der Waals surface area contributed by atoms with Crippen molar-refractivity contribution in [2.24, 2.45) is 5.92 Å². The van der Waals surface area contributed by atoms with E-state index in [9.17, 15) is 4.79 Å². The maximum absolute atomic E-state index is 12.8.